The maximum Gasteiger partial charge on any atom is 0.304 e. The third-order valence-electron chi connectivity index (χ3n) is 2.03. The van der Waals surface area contributed by atoms with Gasteiger partial charge in [0.25, 0.3) is 0 Å². The second-order valence-corrected chi connectivity index (χ2v) is 4.31. The van der Waals surface area contributed by atoms with Crippen molar-refractivity contribution in [2.24, 2.45) is 0 Å². The summed E-state index contributed by atoms with van der Waals surface area (Å²) in [6.45, 7) is 1.55. The summed E-state index contributed by atoms with van der Waals surface area (Å²) in [5.74, 6) is -0.729. The van der Waals surface area contributed by atoms with Crippen LogP contribution in [0.1, 0.15) is 11.3 Å². The highest BCUT2D eigenvalue weighted by Crippen LogP contribution is 2.09. The van der Waals surface area contributed by atoms with Gasteiger partial charge in [0.15, 0.2) is 0 Å². The van der Waals surface area contributed by atoms with Gasteiger partial charge < -0.3 is 10.0 Å². The SMILES string of the molecule is CN(CCC(=O)O)CCc1cccs1. The fraction of sp³-hybridized carbons (Fsp3) is 0.500. The Labute approximate surface area is 88.0 Å². The number of nitrogens with zero attached hydrogens (tertiary/aromatic N) is 1. The third-order valence-corrected chi connectivity index (χ3v) is 2.96. The van der Waals surface area contributed by atoms with E-state index in [4.69, 9.17) is 5.11 Å². The highest BCUT2D eigenvalue weighted by Gasteiger charge is 2.02. The summed E-state index contributed by atoms with van der Waals surface area (Å²) in [5.41, 5.74) is 0. The average Bonchev–Trinajstić information content (AvgIpc) is 2.63. The molecular weight excluding hydrogens is 198 g/mol. The van der Waals surface area contributed by atoms with E-state index in [1.54, 1.807) is 11.3 Å². The summed E-state index contributed by atoms with van der Waals surface area (Å²) in [4.78, 5) is 13.7. The van der Waals surface area contributed by atoms with Crippen LogP contribution in [0.5, 0.6) is 0 Å². The topological polar surface area (TPSA) is 40.5 Å². The third kappa shape index (κ3) is 4.39. The number of likely N-dealkylation sites (N-methyl/N-ethyl adjacent to an activating group) is 1. The zero-order chi connectivity index (χ0) is 10.4. The summed E-state index contributed by atoms with van der Waals surface area (Å²) in [5, 5.41) is 10.6. The van der Waals surface area contributed by atoms with Gasteiger partial charge in [-0.2, -0.15) is 0 Å². The summed E-state index contributed by atoms with van der Waals surface area (Å²) < 4.78 is 0. The number of aliphatic carboxylic acids is 1. The lowest BCUT2D eigenvalue weighted by Crippen LogP contribution is -2.23. The molecule has 0 unspecified atom stereocenters. The lowest BCUT2D eigenvalue weighted by Gasteiger charge is -2.14. The minimum absolute atomic E-state index is 0.223. The van der Waals surface area contributed by atoms with Crippen LogP contribution in [0.3, 0.4) is 0 Å². The Morgan fingerprint density at radius 3 is 2.93 bits per heavy atom. The van der Waals surface area contributed by atoms with Gasteiger partial charge in [0.1, 0.15) is 0 Å². The molecule has 14 heavy (non-hydrogen) atoms. The molecule has 1 aromatic rings. The molecule has 0 bridgehead atoms. The van der Waals surface area contributed by atoms with E-state index in [1.807, 2.05) is 18.0 Å². The van der Waals surface area contributed by atoms with E-state index in [-0.39, 0.29) is 6.42 Å². The number of thiophene rings is 1. The predicted octanol–water partition coefficient (Wildman–Crippen LogP) is 1.70. The minimum atomic E-state index is -0.729. The van der Waals surface area contributed by atoms with E-state index in [0.29, 0.717) is 6.54 Å². The summed E-state index contributed by atoms with van der Waals surface area (Å²) in [7, 11) is 1.95. The van der Waals surface area contributed by atoms with Gasteiger partial charge in [0.05, 0.1) is 6.42 Å². The molecule has 0 atom stereocenters. The standard InChI is InChI=1S/C10H15NO2S/c1-11(7-5-10(12)13)6-4-9-3-2-8-14-9/h2-3,8H,4-7H2,1H3,(H,12,13). The van der Waals surface area contributed by atoms with E-state index >= 15 is 0 Å². The van der Waals surface area contributed by atoms with Crippen molar-refractivity contribution in [1.82, 2.24) is 4.90 Å². The van der Waals surface area contributed by atoms with E-state index in [2.05, 4.69) is 11.4 Å². The highest BCUT2D eigenvalue weighted by atomic mass is 32.1. The van der Waals surface area contributed by atoms with Crippen molar-refractivity contribution >= 4 is 17.3 Å². The first-order valence-electron chi connectivity index (χ1n) is 4.61. The Balaban J connectivity index is 2.15. The molecule has 0 saturated heterocycles. The fourth-order valence-electron chi connectivity index (χ4n) is 1.15. The Hall–Kier alpha value is -0.870. The molecule has 0 saturated carbocycles. The molecule has 0 amide bonds. The maximum atomic E-state index is 10.3. The summed E-state index contributed by atoms with van der Waals surface area (Å²) >= 11 is 1.75. The van der Waals surface area contributed by atoms with Crippen molar-refractivity contribution in [2.75, 3.05) is 20.1 Å². The van der Waals surface area contributed by atoms with Crippen molar-refractivity contribution in [1.29, 1.82) is 0 Å². The minimum Gasteiger partial charge on any atom is -0.481 e. The number of carboxylic acid groups (broad SMARTS) is 1. The molecule has 1 heterocycles. The first-order chi connectivity index (χ1) is 6.68. The molecule has 0 radical (unpaired) electrons. The quantitative estimate of drug-likeness (QED) is 0.782. The Bertz CT molecular complexity index is 272. The van der Waals surface area contributed by atoms with Crippen LogP contribution in [-0.2, 0) is 11.2 Å². The van der Waals surface area contributed by atoms with Gasteiger partial charge in [-0.3, -0.25) is 4.79 Å². The van der Waals surface area contributed by atoms with Gasteiger partial charge in [0.2, 0.25) is 0 Å². The largest absolute Gasteiger partial charge is 0.481 e. The van der Waals surface area contributed by atoms with E-state index in [9.17, 15) is 4.79 Å². The molecule has 0 fully saturated rings. The van der Waals surface area contributed by atoms with Crippen molar-refractivity contribution < 1.29 is 9.90 Å². The molecule has 0 aromatic carbocycles. The molecule has 0 aliphatic heterocycles. The Morgan fingerprint density at radius 2 is 2.36 bits per heavy atom. The summed E-state index contributed by atoms with van der Waals surface area (Å²) in [6.07, 6.45) is 1.23. The Morgan fingerprint density at radius 1 is 1.57 bits per heavy atom. The van der Waals surface area contributed by atoms with Gasteiger partial charge in [0, 0.05) is 18.0 Å². The lowest BCUT2D eigenvalue weighted by atomic mass is 10.3. The van der Waals surface area contributed by atoms with Crippen LogP contribution < -0.4 is 0 Å². The van der Waals surface area contributed by atoms with Gasteiger partial charge in [-0.25, -0.2) is 0 Å². The highest BCUT2D eigenvalue weighted by molar-refractivity contribution is 7.09. The molecule has 1 N–H and O–H groups in total. The molecule has 1 rings (SSSR count). The zero-order valence-corrected chi connectivity index (χ0v) is 9.09. The van der Waals surface area contributed by atoms with Crippen LogP contribution in [0.15, 0.2) is 17.5 Å². The van der Waals surface area contributed by atoms with Gasteiger partial charge in [-0.15, -0.1) is 11.3 Å². The van der Waals surface area contributed by atoms with Crippen molar-refractivity contribution in [3.63, 3.8) is 0 Å². The number of hydrogen-bond donors (Lipinski definition) is 1. The van der Waals surface area contributed by atoms with Crippen LogP contribution in [0, 0.1) is 0 Å². The predicted molar refractivity (Wildman–Crippen MR) is 57.8 cm³/mol. The molecule has 1 aromatic heterocycles. The molecule has 3 nitrogen and oxygen atoms in total. The normalized spacial score (nSPS) is 10.7. The van der Waals surface area contributed by atoms with E-state index in [0.717, 1.165) is 13.0 Å². The van der Waals surface area contributed by atoms with Crippen molar-refractivity contribution in [3.8, 4) is 0 Å². The first kappa shape index (κ1) is 11.2. The molecule has 4 heteroatoms. The van der Waals surface area contributed by atoms with Crippen LogP contribution in [0.4, 0.5) is 0 Å². The molecule has 78 valence electrons. The molecular formula is C10H15NO2S. The van der Waals surface area contributed by atoms with E-state index in [1.165, 1.54) is 4.88 Å². The second-order valence-electron chi connectivity index (χ2n) is 3.28. The zero-order valence-electron chi connectivity index (χ0n) is 8.27. The van der Waals surface area contributed by atoms with Crippen LogP contribution in [-0.4, -0.2) is 36.1 Å². The van der Waals surface area contributed by atoms with Gasteiger partial charge in [-0.05, 0) is 24.9 Å². The van der Waals surface area contributed by atoms with Crippen LogP contribution in [0.2, 0.25) is 0 Å². The number of hydrogen-bond acceptors (Lipinski definition) is 3. The number of rotatable bonds is 6. The van der Waals surface area contributed by atoms with E-state index < -0.39 is 5.97 Å². The summed E-state index contributed by atoms with van der Waals surface area (Å²) in [6, 6.07) is 4.15. The molecule has 0 spiro atoms. The maximum absolute atomic E-state index is 10.3. The first-order valence-corrected chi connectivity index (χ1v) is 5.49. The van der Waals surface area contributed by atoms with Crippen LogP contribution >= 0.6 is 11.3 Å². The van der Waals surface area contributed by atoms with Crippen molar-refractivity contribution in [3.05, 3.63) is 22.4 Å². The van der Waals surface area contributed by atoms with Gasteiger partial charge >= 0.3 is 5.97 Å². The molecule has 0 aliphatic rings. The van der Waals surface area contributed by atoms with Gasteiger partial charge in [-0.1, -0.05) is 6.07 Å². The number of carbonyl (C=O) groups is 1. The second kappa shape index (κ2) is 5.78. The fourth-order valence-corrected chi connectivity index (χ4v) is 1.85. The monoisotopic (exact) mass is 213 g/mol. The van der Waals surface area contributed by atoms with Crippen LogP contribution in [0.25, 0.3) is 0 Å². The lowest BCUT2D eigenvalue weighted by molar-refractivity contribution is -0.137. The average molecular weight is 213 g/mol. The smallest absolute Gasteiger partial charge is 0.304 e. The number of carboxylic acids is 1. The van der Waals surface area contributed by atoms with Crippen molar-refractivity contribution in [2.45, 2.75) is 12.8 Å². The Kier molecular flexibility index (Phi) is 4.62. The molecule has 0 aliphatic carbocycles.